The minimum atomic E-state index is -0.378. The van der Waals surface area contributed by atoms with Gasteiger partial charge in [0.2, 0.25) is 11.8 Å². The van der Waals surface area contributed by atoms with E-state index in [-0.39, 0.29) is 29.7 Å². The number of carbonyl (C=O) groups excluding carboxylic acids is 2. The van der Waals surface area contributed by atoms with Crippen molar-refractivity contribution in [1.29, 1.82) is 0 Å². The Morgan fingerprint density at radius 3 is 2.88 bits per heavy atom. The molecule has 5 heteroatoms. The molecule has 4 nitrogen and oxygen atoms in total. The van der Waals surface area contributed by atoms with Crippen LogP contribution < -0.4 is 5.32 Å². The molecule has 2 aliphatic heterocycles. The number of hydrogen-bond donors (Lipinski definition) is 1. The molecule has 1 N–H and O–H groups in total. The zero-order valence-electron chi connectivity index (χ0n) is 12.9. The molecular formula is C19H16N2O2S. The molecule has 0 spiro atoms. The lowest BCUT2D eigenvalue weighted by molar-refractivity contribution is -0.126. The maximum absolute atomic E-state index is 12.6. The first-order valence-corrected chi connectivity index (χ1v) is 9.13. The number of para-hydroxylation sites is 1. The van der Waals surface area contributed by atoms with Crippen molar-refractivity contribution in [3.63, 3.8) is 0 Å². The van der Waals surface area contributed by atoms with Crippen LogP contribution in [0.2, 0.25) is 0 Å². The highest BCUT2D eigenvalue weighted by molar-refractivity contribution is 7.08. The molecule has 4 heterocycles. The Balaban J connectivity index is 1.65. The maximum atomic E-state index is 12.6. The van der Waals surface area contributed by atoms with Gasteiger partial charge >= 0.3 is 0 Å². The number of aryl methyl sites for hydroxylation is 1. The van der Waals surface area contributed by atoms with Gasteiger partial charge in [0.25, 0.3) is 0 Å². The van der Waals surface area contributed by atoms with E-state index in [0.717, 1.165) is 18.4 Å². The van der Waals surface area contributed by atoms with Crippen LogP contribution in [0.25, 0.3) is 10.9 Å². The first-order chi connectivity index (χ1) is 11.7. The number of benzene rings is 1. The summed E-state index contributed by atoms with van der Waals surface area (Å²) < 4.78 is 2.22. The van der Waals surface area contributed by atoms with Crippen molar-refractivity contribution in [2.24, 2.45) is 5.92 Å². The van der Waals surface area contributed by atoms with E-state index < -0.39 is 0 Å². The van der Waals surface area contributed by atoms with Crippen LogP contribution in [0.3, 0.4) is 0 Å². The predicted molar refractivity (Wildman–Crippen MR) is 93.0 cm³/mol. The van der Waals surface area contributed by atoms with Crippen LogP contribution >= 0.6 is 11.3 Å². The Kier molecular flexibility index (Phi) is 2.94. The Morgan fingerprint density at radius 2 is 2.04 bits per heavy atom. The smallest absolute Gasteiger partial charge is 0.235 e. The van der Waals surface area contributed by atoms with Crippen molar-refractivity contribution < 1.29 is 9.59 Å². The molecule has 1 unspecified atom stereocenters. The van der Waals surface area contributed by atoms with Gasteiger partial charge in [-0.3, -0.25) is 14.9 Å². The summed E-state index contributed by atoms with van der Waals surface area (Å²) in [4.78, 5) is 25.0. The van der Waals surface area contributed by atoms with Gasteiger partial charge in [0.05, 0.1) is 17.4 Å². The van der Waals surface area contributed by atoms with E-state index in [2.05, 4.69) is 40.3 Å². The summed E-state index contributed by atoms with van der Waals surface area (Å²) in [5, 5.41) is 7.72. The van der Waals surface area contributed by atoms with E-state index in [0.29, 0.717) is 0 Å². The lowest BCUT2D eigenvalue weighted by Gasteiger charge is -2.31. The van der Waals surface area contributed by atoms with Gasteiger partial charge in [0, 0.05) is 12.2 Å². The highest BCUT2D eigenvalue weighted by Gasteiger charge is 2.48. The lowest BCUT2D eigenvalue weighted by Crippen LogP contribution is -2.31. The molecule has 2 aliphatic rings. The highest BCUT2D eigenvalue weighted by Crippen LogP contribution is 2.44. The molecule has 3 aromatic rings. The van der Waals surface area contributed by atoms with Gasteiger partial charge in [0.1, 0.15) is 0 Å². The second-order valence-corrected chi connectivity index (χ2v) is 7.38. The van der Waals surface area contributed by atoms with E-state index in [9.17, 15) is 9.59 Å². The Morgan fingerprint density at radius 1 is 1.12 bits per heavy atom. The second kappa shape index (κ2) is 5.05. The SMILES string of the molecule is O=C1NC(=O)[C@H](C2CCc3cccc4ccn2c34)[C@H]1c1ccsc1. The molecule has 0 saturated carbocycles. The molecule has 3 atom stereocenters. The van der Waals surface area contributed by atoms with Gasteiger partial charge in [0.15, 0.2) is 0 Å². The summed E-state index contributed by atoms with van der Waals surface area (Å²) in [5.74, 6) is -1.01. The summed E-state index contributed by atoms with van der Waals surface area (Å²) in [6.45, 7) is 0. The van der Waals surface area contributed by atoms with Crippen molar-refractivity contribution >= 4 is 34.1 Å². The first-order valence-electron chi connectivity index (χ1n) is 8.19. The van der Waals surface area contributed by atoms with Gasteiger partial charge in [-0.25, -0.2) is 0 Å². The summed E-state index contributed by atoms with van der Waals surface area (Å²) in [6, 6.07) is 10.4. The molecule has 24 heavy (non-hydrogen) atoms. The van der Waals surface area contributed by atoms with Crippen LogP contribution in [0, 0.1) is 5.92 Å². The van der Waals surface area contributed by atoms with Gasteiger partial charge in [-0.05, 0) is 52.2 Å². The van der Waals surface area contributed by atoms with Crippen molar-refractivity contribution in [2.45, 2.75) is 24.8 Å². The van der Waals surface area contributed by atoms with Crippen LogP contribution in [0.5, 0.6) is 0 Å². The highest BCUT2D eigenvalue weighted by atomic mass is 32.1. The van der Waals surface area contributed by atoms with Crippen LogP contribution in [0.1, 0.15) is 29.5 Å². The maximum Gasteiger partial charge on any atom is 0.235 e. The third kappa shape index (κ3) is 1.85. The fraction of sp³-hybridized carbons (Fsp3) is 0.263. The second-order valence-electron chi connectivity index (χ2n) is 6.60. The van der Waals surface area contributed by atoms with Crippen molar-refractivity contribution in [3.8, 4) is 0 Å². The summed E-state index contributed by atoms with van der Waals surface area (Å²) >= 11 is 1.56. The topological polar surface area (TPSA) is 51.1 Å². The van der Waals surface area contributed by atoms with E-state index in [1.54, 1.807) is 11.3 Å². The molecule has 1 aromatic carbocycles. The fourth-order valence-corrected chi connectivity index (χ4v) is 5.07. The number of imide groups is 1. The number of hydrogen-bond acceptors (Lipinski definition) is 3. The first kappa shape index (κ1) is 14.0. The molecular weight excluding hydrogens is 320 g/mol. The van der Waals surface area contributed by atoms with Crippen LogP contribution in [0.4, 0.5) is 0 Å². The predicted octanol–water partition coefficient (Wildman–Crippen LogP) is 3.25. The van der Waals surface area contributed by atoms with E-state index in [1.807, 2.05) is 16.8 Å². The summed E-state index contributed by atoms with van der Waals surface area (Å²) in [5.41, 5.74) is 3.49. The van der Waals surface area contributed by atoms with Crippen LogP contribution in [-0.2, 0) is 16.0 Å². The number of nitrogens with one attached hydrogen (secondary N) is 1. The van der Waals surface area contributed by atoms with Crippen molar-refractivity contribution in [1.82, 2.24) is 9.88 Å². The largest absolute Gasteiger partial charge is 0.343 e. The number of carbonyl (C=O) groups is 2. The lowest BCUT2D eigenvalue weighted by atomic mass is 9.80. The molecule has 0 radical (unpaired) electrons. The average molecular weight is 336 g/mol. The third-order valence-electron chi connectivity index (χ3n) is 5.40. The number of aromatic nitrogens is 1. The van der Waals surface area contributed by atoms with Crippen molar-refractivity contribution in [2.75, 3.05) is 0 Å². The zero-order chi connectivity index (χ0) is 16.3. The molecule has 5 rings (SSSR count). The van der Waals surface area contributed by atoms with Gasteiger partial charge < -0.3 is 4.57 Å². The summed E-state index contributed by atoms with van der Waals surface area (Å²) in [6.07, 6.45) is 3.89. The minimum Gasteiger partial charge on any atom is -0.343 e. The van der Waals surface area contributed by atoms with Crippen molar-refractivity contribution in [3.05, 3.63) is 58.4 Å². The van der Waals surface area contributed by atoms with Gasteiger partial charge in [-0.1, -0.05) is 18.2 Å². The quantitative estimate of drug-likeness (QED) is 0.731. The molecule has 1 fully saturated rings. The third-order valence-corrected chi connectivity index (χ3v) is 6.10. The number of nitrogens with zero attached hydrogens (tertiary/aromatic N) is 1. The number of amides is 2. The standard InChI is InChI=1S/C19H16N2O2S/c22-18-15(13-7-9-24-10-13)16(19(23)20-18)14-5-4-11-2-1-3-12-6-8-21(14)17(11)12/h1-3,6-10,14-16H,4-5H2,(H,20,22,23)/t14?,15-,16-/m1/s1. The van der Waals surface area contributed by atoms with Gasteiger partial charge in [-0.15, -0.1) is 0 Å². The van der Waals surface area contributed by atoms with Gasteiger partial charge in [-0.2, -0.15) is 11.3 Å². The zero-order valence-corrected chi connectivity index (χ0v) is 13.8. The Hall–Kier alpha value is -2.40. The Labute approximate surface area is 143 Å². The Bertz CT molecular complexity index is 957. The number of rotatable bonds is 2. The molecule has 2 aromatic heterocycles. The van der Waals surface area contributed by atoms with E-state index >= 15 is 0 Å². The molecule has 2 amide bonds. The molecule has 0 bridgehead atoms. The molecule has 0 aliphatic carbocycles. The van der Waals surface area contributed by atoms with Crippen LogP contribution in [-0.4, -0.2) is 16.4 Å². The minimum absolute atomic E-state index is 0.0220. The normalized spacial score (nSPS) is 26.1. The van der Waals surface area contributed by atoms with E-state index in [4.69, 9.17) is 0 Å². The summed E-state index contributed by atoms with van der Waals surface area (Å²) in [7, 11) is 0. The number of thiophene rings is 1. The van der Waals surface area contributed by atoms with E-state index in [1.165, 1.54) is 16.5 Å². The molecule has 120 valence electrons. The monoisotopic (exact) mass is 336 g/mol. The van der Waals surface area contributed by atoms with Crippen LogP contribution in [0.15, 0.2) is 47.3 Å². The molecule has 1 saturated heterocycles. The average Bonchev–Trinajstić information content (AvgIpc) is 3.29. The fourth-order valence-electron chi connectivity index (χ4n) is 4.37.